The van der Waals surface area contributed by atoms with E-state index in [-0.39, 0.29) is 32.9 Å². The fourth-order valence-electron chi connectivity index (χ4n) is 2.31. The second-order valence-corrected chi connectivity index (χ2v) is 6.36. The number of nitrogens with zero attached hydrogens (tertiary/aromatic N) is 3. The molecule has 3 rings (SSSR count). The molecule has 0 aromatic carbocycles. The Hall–Kier alpha value is -2.69. The van der Waals surface area contributed by atoms with E-state index in [4.69, 9.17) is 5.73 Å². The van der Waals surface area contributed by atoms with Crippen LogP contribution in [0.25, 0.3) is 22.8 Å². The second kappa shape index (κ2) is 7.04. The van der Waals surface area contributed by atoms with E-state index in [2.05, 4.69) is 30.9 Å². The number of alkyl halides is 6. The monoisotopic (exact) mass is 462 g/mol. The summed E-state index contributed by atoms with van der Waals surface area (Å²) in [6.07, 6.45) is -9.34. The standard InChI is InChI=1S/C17H9BrF6N4/c18-14-8(25)7-11(9-3-1-5-12(26-9)16(19,20)21)28-15(14)10-4-2-6-13(27-10)17(22,23)24/h1-7H,(H2,25,28). The summed E-state index contributed by atoms with van der Waals surface area (Å²) in [7, 11) is 0. The minimum atomic E-state index is -4.67. The first-order valence-electron chi connectivity index (χ1n) is 7.52. The molecule has 0 radical (unpaired) electrons. The van der Waals surface area contributed by atoms with E-state index in [1.54, 1.807) is 0 Å². The van der Waals surface area contributed by atoms with Gasteiger partial charge < -0.3 is 5.73 Å². The van der Waals surface area contributed by atoms with Gasteiger partial charge in [0.05, 0.1) is 27.2 Å². The molecule has 3 heterocycles. The van der Waals surface area contributed by atoms with Gasteiger partial charge in [0, 0.05) is 0 Å². The van der Waals surface area contributed by atoms with Crippen LogP contribution in [0.2, 0.25) is 0 Å². The van der Waals surface area contributed by atoms with Crippen LogP contribution in [0.4, 0.5) is 32.0 Å². The smallest absolute Gasteiger partial charge is 0.398 e. The predicted molar refractivity (Wildman–Crippen MR) is 92.8 cm³/mol. The van der Waals surface area contributed by atoms with Crippen molar-refractivity contribution in [3.8, 4) is 22.8 Å². The molecule has 0 amide bonds. The van der Waals surface area contributed by atoms with Gasteiger partial charge in [-0.3, -0.25) is 0 Å². The van der Waals surface area contributed by atoms with Crippen LogP contribution in [-0.4, -0.2) is 15.0 Å². The number of halogens is 7. The van der Waals surface area contributed by atoms with Crippen LogP contribution in [0.3, 0.4) is 0 Å². The lowest BCUT2D eigenvalue weighted by Crippen LogP contribution is -2.09. The van der Waals surface area contributed by atoms with Gasteiger partial charge in [0.15, 0.2) is 0 Å². The van der Waals surface area contributed by atoms with Crippen LogP contribution >= 0.6 is 15.9 Å². The molecule has 0 aliphatic carbocycles. The first-order chi connectivity index (χ1) is 13.0. The van der Waals surface area contributed by atoms with Gasteiger partial charge in [-0.15, -0.1) is 0 Å². The molecule has 0 unspecified atom stereocenters. The molecule has 0 aliphatic heterocycles. The van der Waals surface area contributed by atoms with Crippen molar-refractivity contribution in [2.75, 3.05) is 5.73 Å². The Bertz CT molecular complexity index is 1030. The Morgan fingerprint density at radius 3 is 1.75 bits per heavy atom. The summed E-state index contributed by atoms with van der Waals surface area (Å²) in [6.45, 7) is 0. The van der Waals surface area contributed by atoms with Crippen LogP contribution in [-0.2, 0) is 12.4 Å². The van der Waals surface area contributed by atoms with E-state index in [9.17, 15) is 26.3 Å². The van der Waals surface area contributed by atoms with Gasteiger partial charge in [0.1, 0.15) is 17.1 Å². The van der Waals surface area contributed by atoms with Gasteiger partial charge in [0.25, 0.3) is 0 Å². The summed E-state index contributed by atoms with van der Waals surface area (Å²) in [4.78, 5) is 11.2. The quantitative estimate of drug-likeness (QED) is 0.504. The maximum absolute atomic E-state index is 12.9. The lowest BCUT2D eigenvalue weighted by molar-refractivity contribution is -0.141. The summed E-state index contributed by atoms with van der Waals surface area (Å²) in [6, 6.07) is 7.71. The van der Waals surface area contributed by atoms with E-state index in [0.29, 0.717) is 0 Å². The Labute approximate surface area is 162 Å². The molecule has 4 nitrogen and oxygen atoms in total. The Morgan fingerprint density at radius 2 is 1.21 bits per heavy atom. The lowest BCUT2D eigenvalue weighted by Gasteiger charge is -2.12. The fourth-order valence-corrected chi connectivity index (χ4v) is 2.72. The average molecular weight is 463 g/mol. The van der Waals surface area contributed by atoms with Crippen molar-refractivity contribution < 1.29 is 26.3 Å². The number of nitrogen functional groups attached to an aromatic ring is 1. The molecular formula is C17H9BrF6N4. The molecule has 0 aliphatic rings. The summed E-state index contributed by atoms with van der Waals surface area (Å²) < 4.78 is 77.6. The zero-order valence-electron chi connectivity index (χ0n) is 13.6. The topological polar surface area (TPSA) is 64.7 Å². The summed E-state index contributed by atoms with van der Waals surface area (Å²) in [5.41, 5.74) is 3.26. The minimum absolute atomic E-state index is 0.0407. The molecule has 0 bridgehead atoms. The lowest BCUT2D eigenvalue weighted by atomic mass is 10.1. The molecule has 3 aromatic heterocycles. The van der Waals surface area contributed by atoms with Gasteiger partial charge in [-0.1, -0.05) is 12.1 Å². The third-order valence-electron chi connectivity index (χ3n) is 3.57. The van der Waals surface area contributed by atoms with E-state index in [0.717, 1.165) is 24.3 Å². The molecule has 0 saturated carbocycles. The molecule has 2 N–H and O–H groups in total. The first kappa shape index (κ1) is 20.1. The normalized spacial score (nSPS) is 12.2. The second-order valence-electron chi connectivity index (χ2n) is 5.57. The van der Waals surface area contributed by atoms with Crippen molar-refractivity contribution in [2.24, 2.45) is 0 Å². The highest BCUT2D eigenvalue weighted by Crippen LogP contribution is 2.36. The van der Waals surface area contributed by atoms with Crippen molar-refractivity contribution in [2.45, 2.75) is 12.4 Å². The van der Waals surface area contributed by atoms with Crippen molar-refractivity contribution in [3.05, 3.63) is 58.3 Å². The van der Waals surface area contributed by atoms with Crippen LogP contribution in [0, 0.1) is 0 Å². The highest BCUT2D eigenvalue weighted by molar-refractivity contribution is 9.10. The third-order valence-corrected chi connectivity index (χ3v) is 4.40. The SMILES string of the molecule is Nc1cc(-c2cccc(C(F)(F)F)n2)nc(-c2cccc(C(F)(F)F)n2)c1Br. The Morgan fingerprint density at radius 1 is 0.714 bits per heavy atom. The fraction of sp³-hybridized carbons (Fsp3) is 0.118. The van der Waals surface area contributed by atoms with Gasteiger partial charge in [0.2, 0.25) is 0 Å². The van der Waals surface area contributed by atoms with Crippen molar-refractivity contribution in [1.29, 1.82) is 0 Å². The predicted octanol–water partition coefficient (Wildman–Crippen LogP) is 5.59. The Kier molecular flexibility index (Phi) is 5.04. The molecule has 28 heavy (non-hydrogen) atoms. The molecule has 146 valence electrons. The van der Waals surface area contributed by atoms with Gasteiger partial charge in [-0.05, 0) is 46.3 Å². The number of hydrogen-bond donors (Lipinski definition) is 1. The molecule has 0 atom stereocenters. The highest BCUT2D eigenvalue weighted by Gasteiger charge is 2.33. The largest absolute Gasteiger partial charge is 0.433 e. The average Bonchev–Trinajstić information content (AvgIpc) is 2.62. The minimum Gasteiger partial charge on any atom is -0.398 e. The van der Waals surface area contributed by atoms with E-state index in [1.807, 2.05) is 0 Å². The van der Waals surface area contributed by atoms with Crippen molar-refractivity contribution in [3.63, 3.8) is 0 Å². The van der Waals surface area contributed by atoms with Crippen LogP contribution in [0.15, 0.2) is 46.9 Å². The van der Waals surface area contributed by atoms with Crippen LogP contribution in [0.1, 0.15) is 11.4 Å². The third kappa shape index (κ3) is 4.08. The summed E-state index contributed by atoms with van der Waals surface area (Å²) in [5, 5.41) is 0. The van der Waals surface area contributed by atoms with Crippen LogP contribution in [0.5, 0.6) is 0 Å². The van der Waals surface area contributed by atoms with Gasteiger partial charge >= 0.3 is 12.4 Å². The Balaban J connectivity index is 2.15. The molecule has 3 aromatic rings. The molecular weight excluding hydrogens is 454 g/mol. The molecule has 0 fully saturated rings. The zero-order chi connectivity index (χ0) is 20.7. The number of hydrogen-bond acceptors (Lipinski definition) is 4. The maximum atomic E-state index is 12.9. The van der Waals surface area contributed by atoms with E-state index < -0.39 is 23.7 Å². The van der Waals surface area contributed by atoms with Crippen molar-refractivity contribution in [1.82, 2.24) is 15.0 Å². The molecule has 11 heteroatoms. The van der Waals surface area contributed by atoms with Gasteiger partial charge in [-0.25, -0.2) is 15.0 Å². The maximum Gasteiger partial charge on any atom is 0.433 e. The summed E-state index contributed by atoms with van der Waals surface area (Å²) >= 11 is 3.14. The summed E-state index contributed by atoms with van der Waals surface area (Å²) in [5.74, 6) is 0. The van der Waals surface area contributed by atoms with E-state index in [1.165, 1.54) is 18.2 Å². The number of rotatable bonds is 2. The highest BCUT2D eigenvalue weighted by atomic mass is 79.9. The number of aromatic nitrogens is 3. The number of pyridine rings is 3. The van der Waals surface area contributed by atoms with Gasteiger partial charge in [-0.2, -0.15) is 26.3 Å². The molecule has 0 spiro atoms. The number of anilines is 1. The van der Waals surface area contributed by atoms with E-state index >= 15 is 0 Å². The van der Waals surface area contributed by atoms with Crippen molar-refractivity contribution >= 4 is 21.6 Å². The molecule has 0 saturated heterocycles. The first-order valence-corrected chi connectivity index (χ1v) is 8.31. The zero-order valence-corrected chi connectivity index (χ0v) is 15.2. The van der Waals surface area contributed by atoms with Crippen LogP contribution < -0.4 is 5.73 Å². The number of nitrogens with two attached hydrogens (primary N) is 1.